The van der Waals surface area contributed by atoms with E-state index in [9.17, 15) is 4.79 Å². The summed E-state index contributed by atoms with van der Waals surface area (Å²) in [7, 11) is 0. The van der Waals surface area contributed by atoms with Crippen LogP contribution in [0.15, 0.2) is 28.2 Å². The average molecular weight is 326 g/mol. The molecule has 1 saturated carbocycles. The number of carbonyl (C=O) groups excluding carboxylic acids is 1. The Labute approximate surface area is 140 Å². The van der Waals surface area contributed by atoms with Crippen molar-refractivity contribution in [2.24, 2.45) is 21.5 Å². The Kier molecular flexibility index (Phi) is 3.44. The molecule has 24 heavy (non-hydrogen) atoms. The molecule has 0 bridgehead atoms. The Morgan fingerprint density at radius 3 is 2.75 bits per heavy atom. The van der Waals surface area contributed by atoms with Crippen LogP contribution in [0, 0.1) is 0 Å². The first-order valence-corrected chi connectivity index (χ1v) is 8.50. The van der Waals surface area contributed by atoms with Gasteiger partial charge in [-0.05, 0) is 49.8 Å². The van der Waals surface area contributed by atoms with Gasteiger partial charge in [0.25, 0.3) is 5.91 Å². The minimum Gasteiger partial charge on any atom is -0.369 e. The van der Waals surface area contributed by atoms with E-state index < -0.39 is 5.66 Å². The molecule has 1 aromatic carbocycles. The van der Waals surface area contributed by atoms with Gasteiger partial charge in [0, 0.05) is 17.8 Å². The summed E-state index contributed by atoms with van der Waals surface area (Å²) < 4.78 is 0. The molecule has 3 aliphatic rings. The maximum Gasteiger partial charge on any atom is 0.251 e. The Hall–Kier alpha value is -2.57. The number of nitrogens with one attached hydrogen (secondary N) is 1. The summed E-state index contributed by atoms with van der Waals surface area (Å²) in [6, 6.07) is 5.92. The molecule has 2 heterocycles. The highest BCUT2D eigenvalue weighted by molar-refractivity contribution is 6.06. The molecule has 1 fully saturated rings. The maximum absolute atomic E-state index is 12.2. The van der Waals surface area contributed by atoms with Crippen molar-refractivity contribution < 1.29 is 4.79 Å². The summed E-state index contributed by atoms with van der Waals surface area (Å²) in [6.45, 7) is 0.684. The Morgan fingerprint density at radius 2 is 1.96 bits per heavy atom. The molecule has 1 aromatic rings. The number of nitrogens with two attached hydrogens (primary N) is 2. The number of hydrogen-bond donors (Lipinski definition) is 3. The highest BCUT2D eigenvalue weighted by Gasteiger charge is 2.42. The second-order valence-electron chi connectivity index (χ2n) is 6.67. The fraction of sp³-hybridized carbons (Fsp3) is 0.471. The molecule has 2 aliphatic heterocycles. The molecule has 7 nitrogen and oxygen atoms in total. The van der Waals surface area contributed by atoms with Gasteiger partial charge in [-0.3, -0.25) is 9.69 Å². The van der Waals surface area contributed by atoms with Gasteiger partial charge in [0.15, 0.2) is 0 Å². The topological polar surface area (TPSA) is 109 Å². The molecule has 1 aliphatic carbocycles. The molecule has 0 radical (unpaired) electrons. The van der Waals surface area contributed by atoms with Crippen LogP contribution in [0.1, 0.15) is 48.0 Å². The normalized spacial score (nSPS) is 22.5. The lowest BCUT2D eigenvalue weighted by Gasteiger charge is -2.45. The Morgan fingerprint density at radius 1 is 1.17 bits per heavy atom. The van der Waals surface area contributed by atoms with Crippen LogP contribution >= 0.6 is 0 Å². The standard InChI is InChI=1S/C17H22N6O/c18-15-21-16(19)23(17(22-15)7-2-1-3-8-17)12-5-4-11-6-9-20-14(24)13(11)10-12/h4-5,10H,1-3,6-9H2,(H,20,24)(H4,18,19,21,22). The van der Waals surface area contributed by atoms with Crippen LogP contribution in [0.2, 0.25) is 0 Å². The van der Waals surface area contributed by atoms with Gasteiger partial charge in [-0.1, -0.05) is 12.5 Å². The molecular formula is C17H22N6O. The molecule has 4 rings (SSSR count). The van der Waals surface area contributed by atoms with Crippen molar-refractivity contribution in [3.05, 3.63) is 29.3 Å². The number of amides is 1. The van der Waals surface area contributed by atoms with Gasteiger partial charge >= 0.3 is 0 Å². The number of rotatable bonds is 1. The minimum absolute atomic E-state index is 0.0358. The third kappa shape index (κ3) is 2.31. The SMILES string of the molecule is NC1=NC2(CCCCC2)N(c2ccc3c(c2)C(=O)NCC3)C(N)=N1. The fourth-order valence-electron chi connectivity index (χ4n) is 4.03. The third-order valence-electron chi connectivity index (χ3n) is 5.13. The smallest absolute Gasteiger partial charge is 0.251 e. The molecule has 0 aromatic heterocycles. The van der Waals surface area contributed by atoms with Gasteiger partial charge in [-0.15, -0.1) is 0 Å². The molecule has 0 saturated heterocycles. The summed E-state index contributed by atoms with van der Waals surface area (Å²) >= 11 is 0. The number of nitrogens with zero attached hydrogens (tertiary/aromatic N) is 3. The first-order valence-electron chi connectivity index (χ1n) is 8.50. The number of fused-ring (bicyclic) bond motifs is 1. The molecule has 5 N–H and O–H groups in total. The van der Waals surface area contributed by atoms with Crippen LogP contribution in [-0.4, -0.2) is 30.0 Å². The van der Waals surface area contributed by atoms with Crippen molar-refractivity contribution in [2.75, 3.05) is 11.4 Å². The van der Waals surface area contributed by atoms with Crippen molar-refractivity contribution in [3.63, 3.8) is 0 Å². The van der Waals surface area contributed by atoms with Crippen molar-refractivity contribution >= 4 is 23.5 Å². The number of benzene rings is 1. The zero-order chi connectivity index (χ0) is 16.7. The quantitative estimate of drug-likeness (QED) is 0.717. The summed E-state index contributed by atoms with van der Waals surface area (Å²) in [5, 5.41) is 2.89. The van der Waals surface area contributed by atoms with E-state index >= 15 is 0 Å². The first-order chi connectivity index (χ1) is 11.6. The van der Waals surface area contributed by atoms with Crippen LogP contribution in [0.4, 0.5) is 5.69 Å². The summed E-state index contributed by atoms with van der Waals surface area (Å²) in [5.41, 5.74) is 14.3. The van der Waals surface area contributed by atoms with E-state index in [-0.39, 0.29) is 11.9 Å². The molecular weight excluding hydrogens is 304 g/mol. The van der Waals surface area contributed by atoms with Crippen LogP contribution in [-0.2, 0) is 6.42 Å². The van der Waals surface area contributed by atoms with E-state index in [1.54, 1.807) is 0 Å². The van der Waals surface area contributed by atoms with Crippen molar-refractivity contribution in [1.82, 2.24) is 5.32 Å². The number of hydrogen-bond acceptors (Lipinski definition) is 6. The lowest BCUT2D eigenvalue weighted by atomic mass is 9.87. The van der Waals surface area contributed by atoms with E-state index in [0.717, 1.165) is 43.4 Å². The molecule has 0 unspecified atom stereocenters. The second kappa shape index (κ2) is 5.51. The average Bonchev–Trinajstić information content (AvgIpc) is 2.55. The number of anilines is 1. The summed E-state index contributed by atoms with van der Waals surface area (Å²) in [6.07, 6.45) is 5.95. The minimum atomic E-state index is -0.479. The lowest BCUT2D eigenvalue weighted by Crippen LogP contribution is -2.58. The van der Waals surface area contributed by atoms with Gasteiger partial charge in [0.1, 0.15) is 5.66 Å². The van der Waals surface area contributed by atoms with Crippen molar-refractivity contribution in [1.29, 1.82) is 0 Å². The third-order valence-corrected chi connectivity index (χ3v) is 5.13. The molecule has 1 amide bonds. The zero-order valence-corrected chi connectivity index (χ0v) is 13.6. The van der Waals surface area contributed by atoms with Crippen LogP contribution in [0.5, 0.6) is 0 Å². The van der Waals surface area contributed by atoms with Crippen molar-refractivity contribution in [2.45, 2.75) is 44.2 Å². The predicted molar refractivity (Wildman–Crippen MR) is 94.0 cm³/mol. The summed E-state index contributed by atoms with van der Waals surface area (Å²) in [4.78, 5) is 23.0. The molecule has 0 atom stereocenters. The number of carbonyl (C=O) groups is 1. The summed E-state index contributed by atoms with van der Waals surface area (Å²) in [5.74, 6) is 0.549. The lowest BCUT2D eigenvalue weighted by molar-refractivity contribution is 0.0946. The van der Waals surface area contributed by atoms with Crippen LogP contribution < -0.4 is 21.7 Å². The van der Waals surface area contributed by atoms with E-state index in [1.165, 1.54) is 6.42 Å². The molecule has 1 spiro atoms. The second-order valence-corrected chi connectivity index (χ2v) is 6.67. The van der Waals surface area contributed by atoms with Gasteiger partial charge < -0.3 is 16.8 Å². The number of aliphatic imine (C=N–C) groups is 2. The first kappa shape index (κ1) is 15.0. The van der Waals surface area contributed by atoms with Gasteiger partial charge in [0.05, 0.1) is 0 Å². The van der Waals surface area contributed by atoms with E-state index in [1.807, 2.05) is 23.1 Å². The predicted octanol–water partition coefficient (Wildman–Crippen LogP) is 1.08. The van der Waals surface area contributed by atoms with Gasteiger partial charge in [-0.2, -0.15) is 4.99 Å². The highest BCUT2D eigenvalue weighted by Crippen LogP contribution is 2.40. The largest absolute Gasteiger partial charge is 0.369 e. The molecule has 7 heteroatoms. The van der Waals surface area contributed by atoms with Crippen LogP contribution in [0.3, 0.4) is 0 Å². The molecule has 126 valence electrons. The van der Waals surface area contributed by atoms with Crippen molar-refractivity contribution in [3.8, 4) is 0 Å². The van der Waals surface area contributed by atoms with E-state index in [4.69, 9.17) is 11.5 Å². The monoisotopic (exact) mass is 326 g/mol. The van der Waals surface area contributed by atoms with E-state index in [0.29, 0.717) is 18.1 Å². The maximum atomic E-state index is 12.2. The highest BCUT2D eigenvalue weighted by atomic mass is 16.1. The number of guanidine groups is 2. The Balaban J connectivity index is 1.80. The van der Waals surface area contributed by atoms with Crippen LogP contribution in [0.25, 0.3) is 0 Å². The Bertz CT molecular complexity index is 747. The zero-order valence-electron chi connectivity index (χ0n) is 13.6. The van der Waals surface area contributed by atoms with E-state index in [2.05, 4.69) is 15.3 Å². The van der Waals surface area contributed by atoms with Gasteiger partial charge in [0.2, 0.25) is 11.9 Å². The fourth-order valence-corrected chi connectivity index (χ4v) is 4.03. The van der Waals surface area contributed by atoms with Gasteiger partial charge in [-0.25, -0.2) is 4.99 Å².